The van der Waals surface area contributed by atoms with E-state index in [4.69, 9.17) is 62.7 Å². The summed E-state index contributed by atoms with van der Waals surface area (Å²) in [5, 5.41) is 12.9. The molecule has 3 aromatic carbocycles. The van der Waals surface area contributed by atoms with Crippen molar-refractivity contribution in [3.05, 3.63) is 78.2 Å². The van der Waals surface area contributed by atoms with Gasteiger partial charge in [-0.05, 0) is 16.3 Å². The van der Waals surface area contributed by atoms with Crippen LogP contribution in [0.15, 0.2) is 36.4 Å². The highest BCUT2D eigenvalue weighted by Gasteiger charge is 2.34. The summed E-state index contributed by atoms with van der Waals surface area (Å²) in [6, 6.07) is 11.4. The van der Waals surface area contributed by atoms with Crippen LogP contribution in [-0.4, -0.2) is 5.11 Å². The van der Waals surface area contributed by atoms with Crippen LogP contribution in [0.2, 0.25) is 25.1 Å². The molecule has 25 heavy (non-hydrogen) atoms. The maximum Gasteiger partial charge on any atom is 0.182 e. The van der Waals surface area contributed by atoms with Crippen LogP contribution in [0.25, 0.3) is 10.8 Å². The van der Waals surface area contributed by atoms with E-state index in [1.165, 1.54) is 0 Å². The number of aliphatic hydroxyl groups excluding tert-OH is 1. The number of rotatable bonds is 1. The van der Waals surface area contributed by atoms with Crippen LogP contribution in [0.5, 0.6) is 0 Å². The second-order valence-corrected chi connectivity index (χ2v) is 7.53. The van der Waals surface area contributed by atoms with Gasteiger partial charge in [0.15, 0.2) is 6.29 Å². The molecule has 0 bridgehead atoms. The third kappa shape index (κ3) is 2.64. The van der Waals surface area contributed by atoms with Gasteiger partial charge in [0.1, 0.15) is 6.10 Å². The molecular formula is C18H9Cl5O2. The molecule has 0 saturated carbocycles. The molecule has 7 heteroatoms. The van der Waals surface area contributed by atoms with E-state index in [0.717, 1.165) is 16.3 Å². The molecule has 0 radical (unpaired) electrons. The molecule has 4 rings (SSSR count). The standard InChI is InChI=1S/C18H9Cl5O2/c19-12-11(13(20)15(22)16(23)14(12)21)17-8-5-1-3-7-4-2-6-9(10(7)8)18(24)25-17/h1-6,17-18,24H/t17-,18-/m1/s1. The van der Waals surface area contributed by atoms with Crippen LogP contribution < -0.4 is 0 Å². The van der Waals surface area contributed by atoms with E-state index >= 15 is 0 Å². The Bertz CT molecular complexity index is 984. The molecule has 0 saturated heterocycles. The summed E-state index contributed by atoms with van der Waals surface area (Å²) in [7, 11) is 0. The third-order valence-corrected chi connectivity index (χ3v) is 6.59. The smallest absolute Gasteiger partial charge is 0.182 e. The summed E-state index contributed by atoms with van der Waals surface area (Å²) in [6.45, 7) is 0. The van der Waals surface area contributed by atoms with Gasteiger partial charge in [0.25, 0.3) is 0 Å². The Morgan fingerprint density at radius 2 is 1.24 bits per heavy atom. The minimum atomic E-state index is -1.14. The van der Waals surface area contributed by atoms with Crippen LogP contribution in [0, 0.1) is 0 Å². The highest BCUT2D eigenvalue weighted by molar-refractivity contribution is 6.55. The van der Waals surface area contributed by atoms with Crippen LogP contribution in [-0.2, 0) is 4.74 Å². The highest BCUT2D eigenvalue weighted by atomic mass is 35.5. The molecule has 1 N–H and O–H groups in total. The summed E-state index contributed by atoms with van der Waals surface area (Å²) >= 11 is 31.2. The van der Waals surface area contributed by atoms with Gasteiger partial charge in [0, 0.05) is 11.1 Å². The Labute approximate surface area is 168 Å². The molecule has 2 nitrogen and oxygen atoms in total. The lowest BCUT2D eigenvalue weighted by Crippen LogP contribution is -2.18. The molecule has 0 unspecified atom stereocenters. The summed E-state index contributed by atoms with van der Waals surface area (Å²) in [6.07, 6.45) is -1.87. The summed E-state index contributed by atoms with van der Waals surface area (Å²) in [5.41, 5.74) is 1.88. The van der Waals surface area contributed by atoms with Gasteiger partial charge in [-0.15, -0.1) is 0 Å². The van der Waals surface area contributed by atoms with Gasteiger partial charge in [-0.1, -0.05) is 94.4 Å². The number of benzene rings is 3. The van der Waals surface area contributed by atoms with Crippen molar-refractivity contribution >= 4 is 68.8 Å². The summed E-state index contributed by atoms with van der Waals surface area (Å²) < 4.78 is 5.83. The van der Waals surface area contributed by atoms with Crippen LogP contribution in [0.4, 0.5) is 0 Å². The lowest BCUT2D eigenvalue weighted by Gasteiger charge is -2.31. The molecule has 0 spiro atoms. The van der Waals surface area contributed by atoms with E-state index in [2.05, 4.69) is 0 Å². The van der Waals surface area contributed by atoms with E-state index in [9.17, 15) is 5.11 Å². The molecule has 0 aliphatic carbocycles. The maximum absolute atomic E-state index is 10.5. The number of ether oxygens (including phenoxy) is 1. The average molecular weight is 435 g/mol. The van der Waals surface area contributed by atoms with Crippen molar-refractivity contribution in [2.45, 2.75) is 12.4 Å². The largest absolute Gasteiger partial charge is 0.364 e. The van der Waals surface area contributed by atoms with Crippen molar-refractivity contribution in [3.8, 4) is 0 Å². The first-order chi connectivity index (χ1) is 11.9. The lowest BCUT2D eigenvalue weighted by molar-refractivity contribution is -0.132. The number of hydrogen-bond acceptors (Lipinski definition) is 2. The van der Waals surface area contributed by atoms with Crippen molar-refractivity contribution in [2.24, 2.45) is 0 Å². The van der Waals surface area contributed by atoms with E-state index < -0.39 is 12.4 Å². The number of halogens is 5. The van der Waals surface area contributed by atoms with Crippen molar-refractivity contribution in [1.29, 1.82) is 0 Å². The molecule has 3 aromatic rings. The molecule has 2 atom stereocenters. The second-order valence-electron chi connectivity index (χ2n) is 5.64. The van der Waals surface area contributed by atoms with Crippen molar-refractivity contribution < 1.29 is 9.84 Å². The van der Waals surface area contributed by atoms with Crippen LogP contribution >= 0.6 is 58.0 Å². The fourth-order valence-corrected chi connectivity index (χ4v) is 4.53. The molecule has 0 amide bonds. The first-order valence-corrected chi connectivity index (χ1v) is 9.17. The predicted octanol–water partition coefficient (Wildman–Crippen LogP) is 7.22. The van der Waals surface area contributed by atoms with Gasteiger partial charge in [-0.25, -0.2) is 0 Å². The molecule has 0 aromatic heterocycles. The van der Waals surface area contributed by atoms with Crippen molar-refractivity contribution in [2.75, 3.05) is 0 Å². The lowest BCUT2D eigenvalue weighted by atomic mass is 9.90. The molecule has 0 fully saturated rings. The monoisotopic (exact) mass is 432 g/mol. The molecule has 1 heterocycles. The van der Waals surface area contributed by atoms with E-state index in [0.29, 0.717) is 11.1 Å². The Kier molecular flexibility index (Phi) is 4.58. The van der Waals surface area contributed by atoms with Gasteiger partial charge in [-0.2, -0.15) is 0 Å². The quantitative estimate of drug-likeness (QED) is 0.324. The second kappa shape index (κ2) is 6.47. The average Bonchev–Trinajstić information content (AvgIpc) is 2.62. The first-order valence-electron chi connectivity index (χ1n) is 7.28. The zero-order valence-electron chi connectivity index (χ0n) is 12.4. The van der Waals surface area contributed by atoms with Crippen LogP contribution in [0.3, 0.4) is 0 Å². The Hall–Kier alpha value is -0.710. The van der Waals surface area contributed by atoms with E-state index in [1.807, 2.05) is 36.4 Å². The zero-order chi connectivity index (χ0) is 17.9. The minimum absolute atomic E-state index is 0.0806. The molecule has 128 valence electrons. The van der Waals surface area contributed by atoms with Gasteiger partial charge >= 0.3 is 0 Å². The van der Waals surface area contributed by atoms with Crippen LogP contribution in [0.1, 0.15) is 29.1 Å². The van der Waals surface area contributed by atoms with E-state index in [1.54, 1.807) is 0 Å². The van der Waals surface area contributed by atoms with Crippen molar-refractivity contribution in [1.82, 2.24) is 0 Å². The van der Waals surface area contributed by atoms with E-state index in [-0.39, 0.29) is 25.1 Å². The SMILES string of the molecule is O[C@@H]1O[C@@H](c2c(Cl)c(Cl)c(Cl)c(Cl)c2Cl)c2cccc3cccc1c23. The van der Waals surface area contributed by atoms with Gasteiger partial charge in [0.05, 0.1) is 25.1 Å². The Morgan fingerprint density at radius 1 is 0.720 bits per heavy atom. The summed E-state index contributed by atoms with van der Waals surface area (Å²) in [4.78, 5) is 0. The van der Waals surface area contributed by atoms with Gasteiger partial charge < -0.3 is 9.84 Å². The topological polar surface area (TPSA) is 29.5 Å². The van der Waals surface area contributed by atoms with Crippen molar-refractivity contribution in [3.63, 3.8) is 0 Å². The zero-order valence-corrected chi connectivity index (χ0v) is 16.1. The molecule has 1 aliphatic heterocycles. The number of hydrogen-bond donors (Lipinski definition) is 1. The number of aliphatic hydroxyl groups is 1. The molecule has 1 aliphatic rings. The normalized spacial score (nSPS) is 19.4. The Morgan fingerprint density at radius 3 is 1.84 bits per heavy atom. The minimum Gasteiger partial charge on any atom is -0.364 e. The maximum atomic E-state index is 10.5. The van der Waals surface area contributed by atoms with Gasteiger partial charge in [-0.3, -0.25) is 0 Å². The Balaban J connectivity index is 2.06. The fourth-order valence-electron chi connectivity index (χ4n) is 3.18. The first kappa shape index (κ1) is 17.7. The third-order valence-electron chi connectivity index (χ3n) is 4.29. The summed E-state index contributed by atoms with van der Waals surface area (Å²) in [5.74, 6) is 0. The molecular weight excluding hydrogens is 425 g/mol. The van der Waals surface area contributed by atoms with Gasteiger partial charge in [0.2, 0.25) is 0 Å². The fraction of sp³-hybridized carbons (Fsp3) is 0.111. The predicted molar refractivity (Wildman–Crippen MR) is 103 cm³/mol. The highest BCUT2D eigenvalue weighted by Crippen LogP contribution is 2.51.